The summed E-state index contributed by atoms with van der Waals surface area (Å²) in [6.45, 7) is 0. The lowest BCUT2D eigenvalue weighted by molar-refractivity contribution is -0.113. The Balaban J connectivity index is 1.81. The average molecular weight is 439 g/mol. The van der Waals surface area contributed by atoms with E-state index in [1.807, 2.05) is 0 Å². The van der Waals surface area contributed by atoms with Gasteiger partial charge in [0.1, 0.15) is 17.0 Å². The Morgan fingerprint density at radius 2 is 1.83 bits per heavy atom. The number of hydrogen-bond acceptors (Lipinski definition) is 8. The van der Waals surface area contributed by atoms with E-state index in [1.165, 1.54) is 38.5 Å². The van der Waals surface area contributed by atoms with Crippen molar-refractivity contribution >= 4 is 43.5 Å². The van der Waals surface area contributed by atoms with Gasteiger partial charge in [-0.25, -0.2) is 8.42 Å². The van der Waals surface area contributed by atoms with Gasteiger partial charge in [-0.15, -0.1) is 4.40 Å². The Morgan fingerprint density at radius 3 is 2.52 bits per heavy atom. The van der Waals surface area contributed by atoms with E-state index in [2.05, 4.69) is 15.0 Å². The van der Waals surface area contributed by atoms with Crippen molar-refractivity contribution in [1.29, 1.82) is 0 Å². The molecular weight excluding hydrogens is 422 g/mol. The Labute approximate surface area is 167 Å². The molecular formula is C17H17N3O7S2. The largest absolute Gasteiger partial charge is 0.493 e. The van der Waals surface area contributed by atoms with Gasteiger partial charge in [-0.1, -0.05) is 0 Å². The van der Waals surface area contributed by atoms with Crippen LogP contribution < -0.4 is 20.1 Å². The first kappa shape index (κ1) is 20.6. The smallest absolute Gasteiger partial charge is 0.285 e. The van der Waals surface area contributed by atoms with Crippen molar-refractivity contribution in [2.24, 2.45) is 4.40 Å². The van der Waals surface area contributed by atoms with Gasteiger partial charge in [0.15, 0.2) is 21.3 Å². The summed E-state index contributed by atoms with van der Waals surface area (Å²) in [4.78, 5) is 11.7. The predicted molar refractivity (Wildman–Crippen MR) is 106 cm³/mol. The van der Waals surface area contributed by atoms with Crippen LogP contribution in [0.5, 0.6) is 11.5 Å². The molecule has 2 aromatic carbocycles. The predicted octanol–water partition coefficient (Wildman–Crippen LogP) is 1.26. The lowest BCUT2D eigenvalue weighted by Crippen LogP contribution is -2.23. The summed E-state index contributed by atoms with van der Waals surface area (Å²) in [7, 11) is -5.22. The molecule has 0 unspecified atom stereocenters. The summed E-state index contributed by atoms with van der Waals surface area (Å²) < 4.78 is 62.7. The lowest BCUT2D eigenvalue weighted by Gasteiger charge is -2.14. The quantitative estimate of drug-likeness (QED) is 0.685. The van der Waals surface area contributed by atoms with Crippen LogP contribution >= 0.6 is 0 Å². The van der Waals surface area contributed by atoms with Crippen LogP contribution in [0.2, 0.25) is 0 Å². The number of hydrogen-bond donors (Lipinski definition) is 2. The van der Waals surface area contributed by atoms with Crippen LogP contribution in [0.3, 0.4) is 0 Å². The topological polar surface area (TPSA) is 140 Å². The van der Waals surface area contributed by atoms with E-state index in [-0.39, 0.29) is 15.5 Å². The first-order chi connectivity index (χ1) is 13.7. The standard InChI is InChI=1S/C17H17N3O7S2/c1-26-14-6-3-11(7-15(14)27-2)20-17(21)9-28(22,23)12-4-5-13-16(8-12)29(24,25)19-10-18-13/h3-8,10H,9H2,1-2H3,(H,18,19)(H,20,21). The molecule has 0 aliphatic carbocycles. The van der Waals surface area contributed by atoms with Crippen molar-refractivity contribution in [3.63, 3.8) is 0 Å². The van der Waals surface area contributed by atoms with Crippen LogP contribution in [0, 0.1) is 0 Å². The second-order valence-electron chi connectivity index (χ2n) is 5.89. The molecule has 154 valence electrons. The number of fused-ring (bicyclic) bond motifs is 1. The third-order valence-corrected chi connectivity index (χ3v) is 6.88. The molecule has 1 aliphatic rings. The van der Waals surface area contributed by atoms with Crippen LogP contribution in [0.1, 0.15) is 0 Å². The molecule has 2 N–H and O–H groups in total. The van der Waals surface area contributed by atoms with Crippen molar-refractivity contribution in [3.05, 3.63) is 36.4 Å². The van der Waals surface area contributed by atoms with E-state index in [0.29, 0.717) is 17.2 Å². The number of nitrogens with zero attached hydrogens (tertiary/aromatic N) is 1. The maximum Gasteiger partial charge on any atom is 0.285 e. The molecule has 10 nitrogen and oxygen atoms in total. The number of rotatable bonds is 6. The van der Waals surface area contributed by atoms with Crippen LogP contribution in [-0.2, 0) is 24.7 Å². The Hall–Kier alpha value is -3.12. The number of methoxy groups -OCH3 is 2. The first-order valence-corrected chi connectivity index (χ1v) is 11.2. The normalized spacial score (nSPS) is 14.4. The second kappa shape index (κ2) is 7.72. The van der Waals surface area contributed by atoms with Crippen LogP contribution in [-0.4, -0.2) is 49.1 Å². The highest BCUT2D eigenvalue weighted by molar-refractivity contribution is 7.92. The monoisotopic (exact) mass is 439 g/mol. The zero-order valence-electron chi connectivity index (χ0n) is 15.4. The van der Waals surface area contributed by atoms with Gasteiger partial charge in [0, 0.05) is 11.8 Å². The summed E-state index contributed by atoms with van der Waals surface area (Å²) in [6.07, 6.45) is 1.00. The molecule has 0 saturated heterocycles. The van der Waals surface area contributed by atoms with Crippen molar-refractivity contribution in [1.82, 2.24) is 0 Å². The number of carbonyl (C=O) groups excluding carboxylic acids is 1. The first-order valence-electron chi connectivity index (χ1n) is 8.10. The number of sulfone groups is 1. The van der Waals surface area contributed by atoms with E-state index in [1.54, 1.807) is 6.07 Å². The van der Waals surface area contributed by atoms with E-state index in [4.69, 9.17) is 9.47 Å². The number of ether oxygens (including phenoxy) is 2. The molecule has 0 fully saturated rings. The zero-order valence-corrected chi connectivity index (χ0v) is 17.0. The SMILES string of the molecule is COc1ccc(NC(=O)CS(=O)(=O)c2ccc3c(c2)S(=O)(=O)N=CN3)cc1OC. The number of sulfonamides is 1. The van der Waals surface area contributed by atoms with Crippen molar-refractivity contribution < 1.29 is 31.1 Å². The molecule has 0 bridgehead atoms. The van der Waals surface area contributed by atoms with Gasteiger partial charge in [-0.3, -0.25) is 4.79 Å². The summed E-state index contributed by atoms with van der Waals surface area (Å²) >= 11 is 0. The molecule has 0 atom stereocenters. The third-order valence-electron chi connectivity index (χ3n) is 3.99. The van der Waals surface area contributed by atoms with Crippen LogP contribution in [0.4, 0.5) is 11.4 Å². The molecule has 2 aromatic rings. The molecule has 1 heterocycles. The van der Waals surface area contributed by atoms with Gasteiger partial charge < -0.3 is 20.1 Å². The number of carbonyl (C=O) groups is 1. The van der Waals surface area contributed by atoms with Crippen molar-refractivity contribution in [2.45, 2.75) is 9.79 Å². The minimum absolute atomic E-state index is 0.203. The van der Waals surface area contributed by atoms with Crippen LogP contribution in [0.25, 0.3) is 0 Å². The van der Waals surface area contributed by atoms with Gasteiger partial charge >= 0.3 is 0 Å². The second-order valence-corrected chi connectivity index (χ2v) is 9.48. The highest BCUT2D eigenvalue weighted by Crippen LogP contribution is 2.30. The Morgan fingerprint density at radius 1 is 1.10 bits per heavy atom. The molecule has 29 heavy (non-hydrogen) atoms. The number of anilines is 2. The summed E-state index contributed by atoms with van der Waals surface area (Å²) in [5.41, 5.74) is 0.517. The molecule has 12 heteroatoms. The molecule has 1 aliphatic heterocycles. The number of amides is 1. The van der Waals surface area contributed by atoms with Crippen LogP contribution in [0.15, 0.2) is 50.6 Å². The van der Waals surface area contributed by atoms with Crippen molar-refractivity contribution in [3.8, 4) is 11.5 Å². The van der Waals surface area contributed by atoms with Gasteiger partial charge in [-0.2, -0.15) is 8.42 Å². The Kier molecular flexibility index (Phi) is 5.48. The summed E-state index contributed by atoms with van der Waals surface area (Å²) in [6, 6.07) is 8.08. The average Bonchev–Trinajstić information content (AvgIpc) is 2.67. The molecule has 0 aromatic heterocycles. The van der Waals surface area contributed by atoms with Gasteiger partial charge in [0.05, 0.1) is 24.8 Å². The van der Waals surface area contributed by atoms with Gasteiger partial charge in [-0.05, 0) is 30.3 Å². The summed E-state index contributed by atoms with van der Waals surface area (Å²) in [5, 5.41) is 5.09. The molecule has 3 rings (SSSR count). The number of nitrogens with one attached hydrogen (secondary N) is 2. The van der Waals surface area contributed by atoms with E-state index in [0.717, 1.165) is 12.4 Å². The molecule has 0 saturated carbocycles. The van der Waals surface area contributed by atoms with E-state index in [9.17, 15) is 21.6 Å². The van der Waals surface area contributed by atoms with Gasteiger partial charge in [0.2, 0.25) is 5.91 Å². The van der Waals surface area contributed by atoms with Crippen molar-refractivity contribution in [2.75, 3.05) is 30.6 Å². The highest BCUT2D eigenvalue weighted by atomic mass is 32.2. The fourth-order valence-corrected chi connectivity index (χ4v) is 4.84. The fourth-order valence-electron chi connectivity index (χ4n) is 2.62. The fraction of sp³-hybridized carbons (Fsp3) is 0.176. The maximum atomic E-state index is 12.6. The molecule has 0 radical (unpaired) electrons. The van der Waals surface area contributed by atoms with E-state index >= 15 is 0 Å². The number of benzene rings is 2. The molecule has 1 amide bonds. The zero-order chi connectivity index (χ0) is 21.2. The lowest BCUT2D eigenvalue weighted by atomic mass is 10.2. The Bertz CT molecular complexity index is 1210. The molecule has 0 spiro atoms. The summed E-state index contributed by atoms with van der Waals surface area (Å²) in [5.74, 6) is -0.864. The van der Waals surface area contributed by atoms with E-state index < -0.39 is 31.5 Å². The third kappa shape index (κ3) is 4.32. The minimum Gasteiger partial charge on any atom is -0.493 e. The highest BCUT2D eigenvalue weighted by Gasteiger charge is 2.26. The minimum atomic E-state index is -4.10. The van der Waals surface area contributed by atoms with Gasteiger partial charge in [0.25, 0.3) is 10.0 Å². The maximum absolute atomic E-state index is 12.6.